The Bertz CT molecular complexity index is 403. The number of halogens is 1. The number of ether oxygens (including phenoxy) is 1. The van der Waals surface area contributed by atoms with E-state index in [9.17, 15) is 0 Å². The van der Waals surface area contributed by atoms with Crippen molar-refractivity contribution < 1.29 is 4.74 Å². The minimum absolute atomic E-state index is 1.03. The van der Waals surface area contributed by atoms with Crippen LogP contribution in [0.5, 0.6) is 5.75 Å². The van der Waals surface area contributed by atoms with E-state index < -0.39 is 0 Å². The lowest BCUT2D eigenvalue weighted by Gasteiger charge is -2.27. The first-order valence-corrected chi connectivity index (χ1v) is 7.26. The molecule has 0 aliphatic carbocycles. The van der Waals surface area contributed by atoms with Crippen molar-refractivity contribution in [1.29, 1.82) is 0 Å². The predicted molar refractivity (Wildman–Crippen MR) is 78.4 cm³/mol. The quantitative estimate of drug-likeness (QED) is 0.922. The van der Waals surface area contributed by atoms with Gasteiger partial charge in [0.15, 0.2) is 0 Å². The van der Waals surface area contributed by atoms with Crippen LogP contribution in [0.4, 0.5) is 0 Å². The second kappa shape index (κ2) is 6.55. The molecule has 1 aromatic carbocycles. The van der Waals surface area contributed by atoms with Gasteiger partial charge in [-0.1, -0.05) is 22.0 Å². The molecule has 0 saturated carbocycles. The number of hydrogen-bond donors (Lipinski definition) is 1. The van der Waals surface area contributed by atoms with Crippen LogP contribution in [0.3, 0.4) is 0 Å². The molecular weight excluding hydrogens is 292 g/mol. The fraction of sp³-hybridized carbons (Fsp3) is 0.571. The number of hydrogen-bond acceptors (Lipinski definition) is 3. The van der Waals surface area contributed by atoms with Crippen LogP contribution < -0.4 is 10.1 Å². The summed E-state index contributed by atoms with van der Waals surface area (Å²) in [6.07, 6.45) is 1.03. The fourth-order valence-electron chi connectivity index (χ4n) is 2.44. The van der Waals surface area contributed by atoms with Crippen LogP contribution in [0, 0.1) is 6.92 Å². The van der Waals surface area contributed by atoms with Gasteiger partial charge in [0, 0.05) is 42.8 Å². The summed E-state index contributed by atoms with van der Waals surface area (Å²) in [5.74, 6) is 1.03. The summed E-state index contributed by atoms with van der Waals surface area (Å²) in [4.78, 5) is 2.50. The third kappa shape index (κ3) is 3.25. The van der Waals surface area contributed by atoms with Gasteiger partial charge in [-0.25, -0.2) is 0 Å². The number of benzene rings is 1. The van der Waals surface area contributed by atoms with Crippen LogP contribution in [0.15, 0.2) is 16.6 Å². The molecule has 0 unspecified atom stereocenters. The largest absolute Gasteiger partial charge is 0.496 e. The highest BCUT2D eigenvalue weighted by Crippen LogP contribution is 2.30. The van der Waals surface area contributed by atoms with Gasteiger partial charge in [0.2, 0.25) is 0 Å². The first-order valence-electron chi connectivity index (χ1n) is 6.47. The Labute approximate surface area is 118 Å². The maximum Gasteiger partial charge on any atom is 0.126 e. The highest BCUT2D eigenvalue weighted by molar-refractivity contribution is 9.10. The Morgan fingerprint density at radius 3 is 2.72 bits per heavy atom. The second-order valence-corrected chi connectivity index (χ2v) is 5.57. The number of nitrogens with zero attached hydrogens (tertiary/aromatic N) is 1. The smallest absolute Gasteiger partial charge is 0.126 e. The summed E-state index contributed by atoms with van der Waals surface area (Å²) in [6, 6.07) is 4.21. The van der Waals surface area contributed by atoms with Crippen LogP contribution in [0.25, 0.3) is 0 Å². The molecule has 1 aliphatic heterocycles. The molecule has 4 heteroatoms. The molecule has 0 radical (unpaired) electrons. The molecule has 0 atom stereocenters. The summed E-state index contributed by atoms with van der Waals surface area (Å²) >= 11 is 3.64. The first kappa shape index (κ1) is 13.8. The van der Waals surface area contributed by atoms with E-state index in [2.05, 4.69) is 45.2 Å². The van der Waals surface area contributed by atoms with Crippen molar-refractivity contribution in [1.82, 2.24) is 10.2 Å². The summed E-state index contributed by atoms with van der Waals surface area (Å²) in [5, 5.41) is 3.38. The van der Waals surface area contributed by atoms with Gasteiger partial charge in [-0.15, -0.1) is 0 Å². The molecule has 18 heavy (non-hydrogen) atoms. The van der Waals surface area contributed by atoms with Crippen molar-refractivity contribution >= 4 is 15.9 Å². The zero-order valence-electron chi connectivity index (χ0n) is 11.1. The topological polar surface area (TPSA) is 24.5 Å². The second-order valence-electron chi connectivity index (χ2n) is 4.72. The maximum atomic E-state index is 5.54. The molecule has 3 nitrogen and oxygen atoms in total. The molecule has 1 fully saturated rings. The summed E-state index contributed by atoms with van der Waals surface area (Å²) in [6.45, 7) is 7.69. The monoisotopic (exact) mass is 312 g/mol. The van der Waals surface area contributed by atoms with E-state index in [0.29, 0.717) is 0 Å². The van der Waals surface area contributed by atoms with E-state index in [0.717, 1.165) is 49.4 Å². The maximum absolute atomic E-state index is 5.54. The van der Waals surface area contributed by atoms with E-state index in [1.807, 2.05) is 0 Å². The van der Waals surface area contributed by atoms with Crippen molar-refractivity contribution in [3.05, 3.63) is 27.7 Å². The van der Waals surface area contributed by atoms with E-state index in [-0.39, 0.29) is 0 Å². The van der Waals surface area contributed by atoms with Crippen LogP contribution in [0.2, 0.25) is 0 Å². The van der Waals surface area contributed by atoms with Crippen LogP contribution in [0.1, 0.15) is 11.1 Å². The average molecular weight is 313 g/mol. The molecular formula is C14H21BrN2O. The van der Waals surface area contributed by atoms with E-state index in [4.69, 9.17) is 4.74 Å². The molecule has 0 spiro atoms. The molecule has 0 aromatic heterocycles. The SMILES string of the molecule is COc1c(C)ccc(Br)c1CCN1CCNCC1. The Morgan fingerprint density at radius 2 is 2.06 bits per heavy atom. The molecule has 1 aromatic rings. The minimum Gasteiger partial charge on any atom is -0.496 e. The molecule has 0 amide bonds. The van der Waals surface area contributed by atoms with Gasteiger partial charge in [-0.2, -0.15) is 0 Å². The molecule has 2 rings (SSSR count). The average Bonchev–Trinajstić information content (AvgIpc) is 2.41. The third-order valence-electron chi connectivity index (χ3n) is 3.49. The lowest BCUT2D eigenvalue weighted by molar-refractivity contribution is 0.243. The Balaban J connectivity index is 2.05. The molecule has 0 bridgehead atoms. The highest BCUT2D eigenvalue weighted by atomic mass is 79.9. The number of methoxy groups -OCH3 is 1. The standard InChI is InChI=1S/C14H21BrN2O/c1-11-3-4-13(15)12(14(11)18-2)5-8-17-9-6-16-7-10-17/h3-4,16H,5-10H2,1-2H3. The van der Waals surface area contributed by atoms with Gasteiger partial charge in [0.25, 0.3) is 0 Å². The molecule has 1 aliphatic rings. The molecule has 1 heterocycles. The van der Waals surface area contributed by atoms with Gasteiger partial charge >= 0.3 is 0 Å². The Kier molecular flexibility index (Phi) is 5.03. The predicted octanol–water partition coefficient (Wildman–Crippen LogP) is 2.21. The van der Waals surface area contributed by atoms with E-state index >= 15 is 0 Å². The van der Waals surface area contributed by atoms with Gasteiger partial charge in [-0.05, 0) is 25.0 Å². The van der Waals surface area contributed by atoms with Crippen LogP contribution in [-0.4, -0.2) is 44.7 Å². The van der Waals surface area contributed by atoms with Crippen molar-refractivity contribution in [2.24, 2.45) is 0 Å². The number of nitrogens with one attached hydrogen (secondary N) is 1. The molecule has 100 valence electrons. The van der Waals surface area contributed by atoms with Gasteiger partial charge in [0.05, 0.1) is 7.11 Å². The normalized spacial score (nSPS) is 16.8. The van der Waals surface area contributed by atoms with Gasteiger partial charge in [-0.3, -0.25) is 0 Å². The van der Waals surface area contributed by atoms with Crippen LogP contribution >= 0.6 is 15.9 Å². The number of rotatable bonds is 4. The number of piperazine rings is 1. The lowest BCUT2D eigenvalue weighted by Crippen LogP contribution is -2.44. The minimum atomic E-state index is 1.03. The molecule has 1 saturated heterocycles. The summed E-state index contributed by atoms with van der Waals surface area (Å²) in [5.41, 5.74) is 2.49. The zero-order chi connectivity index (χ0) is 13.0. The Morgan fingerprint density at radius 1 is 1.33 bits per heavy atom. The summed E-state index contributed by atoms with van der Waals surface area (Å²) in [7, 11) is 1.75. The first-order chi connectivity index (χ1) is 8.72. The van der Waals surface area contributed by atoms with Gasteiger partial charge < -0.3 is 15.0 Å². The third-order valence-corrected chi connectivity index (χ3v) is 4.23. The highest BCUT2D eigenvalue weighted by Gasteiger charge is 2.14. The van der Waals surface area contributed by atoms with Crippen molar-refractivity contribution in [2.45, 2.75) is 13.3 Å². The molecule has 1 N–H and O–H groups in total. The summed E-state index contributed by atoms with van der Waals surface area (Å²) < 4.78 is 6.69. The Hall–Kier alpha value is -0.580. The van der Waals surface area contributed by atoms with Gasteiger partial charge in [0.1, 0.15) is 5.75 Å². The zero-order valence-corrected chi connectivity index (χ0v) is 12.7. The van der Waals surface area contributed by atoms with E-state index in [1.54, 1.807) is 7.11 Å². The fourth-order valence-corrected chi connectivity index (χ4v) is 2.95. The lowest BCUT2D eigenvalue weighted by atomic mass is 10.1. The van der Waals surface area contributed by atoms with Crippen molar-refractivity contribution in [3.63, 3.8) is 0 Å². The van der Waals surface area contributed by atoms with E-state index in [1.165, 1.54) is 11.1 Å². The van der Waals surface area contributed by atoms with Crippen molar-refractivity contribution in [3.8, 4) is 5.75 Å². The number of aryl methyl sites for hydroxylation is 1. The van der Waals surface area contributed by atoms with Crippen molar-refractivity contribution in [2.75, 3.05) is 39.8 Å². The van der Waals surface area contributed by atoms with Crippen LogP contribution in [-0.2, 0) is 6.42 Å².